The Hall–Kier alpha value is -0.850. The van der Waals surface area contributed by atoms with Crippen molar-refractivity contribution >= 4 is 11.3 Å². The number of hydrogen-bond acceptors (Lipinski definition) is 3. The summed E-state index contributed by atoms with van der Waals surface area (Å²) in [7, 11) is 0. The number of hydrogen-bond donors (Lipinski definition) is 1. The first-order valence-electron chi connectivity index (χ1n) is 4.99. The van der Waals surface area contributed by atoms with E-state index in [2.05, 4.69) is 35.8 Å². The molecule has 1 aromatic heterocycles. The first kappa shape index (κ1) is 11.2. The molecule has 0 aromatic carbocycles. The lowest BCUT2D eigenvalue weighted by molar-refractivity contribution is 0.510. The largest absolute Gasteiger partial charge is 0.313 e. The molecule has 0 aliphatic carbocycles. The summed E-state index contributed by atoms with van der Waals surface area (Å²) < 4.78 is 0. The fourth-order valence-electron chi connectivity index (χ4n) is 1.33. The fraction of sp³-hybridized carbons (Fsp3) is 0.545. The topological polar surface area (TPSA) is 35.8 Å². The number of rotatable bonds is 6. The minimum Gasteiger partial charge on any atom is -0.313 e. The van der Waals surface area contributed by atoms with Crippen LogP contribution in [0.2, 0.25) is 0 Å². The zero-order valence-corrected chi connectivity index (χ0v) is 9.31. The standard InChI is InChI=1S/C11H16N2S/c1-2-10(5-7-12)13-8-6-11-4-3-9-14-11/h3-4,9-10,13H,2,5-6,8H2,1H3. The van der Waals surface area contributed by atoms with Crippen LogP contribution in [0.5, 0.6) is 0 Å². The van der Waals surface area contributed by atoms with Crippen molar-refractivity contribution in [1.82, 2.24) is 5.32 Å². The summed E-state index contributed by atoms with van der Waals surface area (Å²) in [6, 6.07) is 6.79. The molecule has 14 heavy (non-hydrogen) atoms. The monoisotopic (exact) mass is 208 g/mol. The quantitative estimate of drug-likeness (QED) is 0.780. The zero-order chi connectivity index (χ0) is 10.2. The molecule has 1 atom stereocenters. The normalized spacial score (nSPS) is 12.3. The smallest absolute Gasteiger partial charge is 0.0638 e. The van der Waals surface area contributed by atoms with Crippen LogP contribution in [0.15, 0.2) is 17.5 Å². The first-order valence-corrected chi connectivity index (χ1v) is 5.87. The molecule has 0 radical (unpaired) electrons. The molecular weight excluding hydrogens is 192 g/mol. The van der Waals surface area contributed by atoms with Gasteiger partial charge in [0.2, 0.25) is 0 Å². The average Bonchev–Trinajstić information content (AvgIpc) is 2.69. The maximum Gasteiger partial charge on any atom is 0.0638 e. The van der Waals surface area contributed by atoms with Crippen molar-refractivity contribution in [2.75, 3.05) is 6.54 Å². The minimum atomic E-state index is 0.361. The summed E-state index contributed by atoms with van der Waals surface area (Å²) in [5.41, 5.74) is 0. The fourth-order valence-corrected chi connectivity index (χ4v) is 2.03. The number of nitriles is 1. The lowest BCUT2D eigenvalue weighted by atomic mass is 10.1. The van der Waals surface area contributed by atoms with Crippen LogP contribution in [0.25, 0.3) is 0 Å². The van der Waals surface area contributed by atoms with E-state index in [0.29, 0.717) is 12.5 Å². The van der Waals surface area contributed by atoms with Gasteiger partial charge >= 0.3 is 0 Å². The van der Waals surface area contributed by atoms with Gasteiger partial charge in [0, 0.05) is 17.5 Å². The molecule has 0 bridgehead atoms. The minimum absolute atomic E-state index is 0.361. The second-order valence-electron chi connectivity index (χ2n) is 3.25. The molecule has 1 unspecified atom stereocenters. The molecule has 1 N–H and O–H groups in total. The van der Waals surface area contributed by atoms with Crippen LogP contribution in [-0.4, -0.2) is 12.6 Å². The van der Waals surface area contributed by atoms with Crippen molar-refractivity contribution in [3.8, 4) is 6.07 Å². The number of nitrogens with one attached hydrogen (secondary N) is 1. The molecule has 1 aromatic rings. The van der Waals surface area contributed by atoms with Crippen LogP contribution in [-0.2, 0) is 6.42 Å². The number of thiophene rings is 1. The second-order valence-corrected chi connectivity index (χ2v) is 4.28. The van der Waals surface area contributed by atoms with Crippen molar-refractivity contribution in [3.63, 3.8) is 0 Å². The second kappa shape index (κ2) is 6.58. The Labute approximate surface area is 89.6 Å². The van der Waals surface area contributed by atoms with E-state index in [1.54, 1.807) is 11.3 Å². The summed E-state index contributed by atoms with van der Waals surface area (Å²) in [4.78, 5) is 1.41. The van der Waals surface area contributed by atoms with E-state index >= 15 is 0 Å². The van der Waals surface area contributed by atoms with E-state index < -0.39 is 0 Å². The van der Waals surface area contributed by atoms with E-state index in [1.165, 1.54) is 4.88 Å². The Morgan fingerprint density at radius 3 is 3.07 bits per heavy atom. The molecule has 0 saturated carbocycles. The highest BCUT2D eigenvalue weighted by Crippen LogP contribution is 2.08. The van der Waals surface area contributed by atoms with Gasteiger partial charge in [-0.15, -0.1) is 11.3 Å². The van der Waals surface area contributed by atoms with Crippen LogP contribution in [0.3, 0.4) is 0 Å². The summed E-state index contributed by atoms with van der Waals surface area (Å²) in [6.07, 6.45) is 2.71. The molecule has 76 valence electrons. The van der Waals surface area contributed by atoms with Gasteiger partial charge in [-0.3, -0.25) is 0 Å². The summed E-state index contributed by atoms with van der Waals surface area (Å²) in [5.74, 6) is 0. The van der Waals surface area contributed by atoms with Gasteiger partial charge < -0.3 is 5.32 Å². The lowest BCUT2D eigenvalue weighted by Gasteiger charge is -2.12. The molecule has 0 amide bonds. The van der Waals surface area contributed by atoms with Gasteiger partial charge in [-0.25, -0.2) is 0 Å². The van der Waals surface area contributed by atoms with E-state index in [9.17, 15) is 0 Å². The molecule has 3 heteroatoms. The van der Waals surface area contributed by atoms with Gasteiger partial charge in [-0.05, 0) is 24.3 Å². The van der Waals surface area contributed by atoms with Crippen LogP contribution in [0, 0.1) is 11.3 Å². The van der Waals surface area contributed by atoms with E-state index in [0.717, 1.165) is 19.4 Å². The zero-order valence-electron chi connectivity index (χ0n) is 8.49. The highest BCUT2D eigenvalue weighted by atomic mass is 32.1. The van der Waals surface area contributed by atoms with Crippen LogP contribution in [0.4, 0.5) is 0 Å². The van der Waals surface area contributed by atoms with Crippen LogP contribution < -0.4 is 5.32 Å². The van der Waals surface area contributed by atoms with Crippen molar-refractivity contribution in [3.05, 3.63) is 22.4 Å². The lowest BCUT2D eigenvalue weighted by Crippen LogP contribution is -2.29. The van der Waals surface area contributed by atoms with Gasteiger partial charge in [0.25, 0.3) is 0 Å². The van der Waals surface area contributed by atoms with Crippen molar-refractivity contribution < 1.29 is 0 Å². The third-order valence-corrected chi connectivity index (χ3v) is 3.15. The molecule has 0 spiro atoms. The molecule has 0 aliphatic heterocycles. The van der Waals surface area contributed by atoms with Gasteiger partial charge in [-0.1, -0.05) is 13.0 Å². The molecule has 0 fully saturated rings. The first-order chi connectivity index (χ1) is 6.86. The molecule has 1 heterocycles. The van der Waals surface area contributed by atoms with E-state index in [1.807, 2.05) is 0 Å². The maximum absolute atomic E-state index is 8.56. The molecule has 1 rings (SSSR count). The van der Waals surface area contributed by atoms with Crippen molar-refractivity contribution in [2.45, 2.75) is 32.2 Å². The maximum atomic E-state index is 8.56. The molecule has 0 saturated heterocycles. The third-order valence-electron chi connectivity index (χ3n) is 2.21. The summed E-state index contributed by atoms with van der Waals surface area (Å²) >= 11 is 1.79. The predicted molar refractivity (Wildman–Crippen MR) is 60.3 cm³/mol. The number of nitrogens with zero attached hydrogens (tertiary/aromatic N) is 1. The summed E-state index contributed by atoms with van der Waals surface area (Å²) in [5, 5.41) is 14.1. The van der Waals surface area contributed by atoms with E-state index in [-0.39, 0.29) is 0 Å². The van der Waals surface area contributed by atoms with Crippen molar-refractivity contribution in [1.29, 1.82) is 5.26 Å². The van der Waals surface area contributed by atoms with Gasteiger partial charge in [-0.2, -0.15) is 5.26 Å². The molecule has 2 nitrogen and oxygen atoms in total. The Balaban J connectivity index is 2.17. The van der Waals surface area contributed by atoms with Gasteiger partial charge in [0.1, 0.15) is 0 Å². The highest BCUT2D eigenvalue weighted by Gasteiger charge is 2.03. The van der Waals surface area contributed by atoms with Crippen LogP contribution in [0.1, 0.15) is 24.6 Å². The Morgan fingerprint density at radius 2 is 2.50 bits per heavy atom. The van der Waals surface area contributed by atoms with Crippen LogP contribution >= 0.6 is 11.3 Å². The average molecular weight is 208 g/mol. The molecule has 0 aliphatic rings. The summed E-state index contributed by atoms with van der Waals surface area (Å²) in [6.45, 7) is 3.08. The predicted octanol–water partition coefficient (Wildman–Crippen LogP) is 2.57. The third kappa shape index (κ3) is 3.91. The molecular formula is C11H16N2S. The van der Waals surface area contributed by atoms with Gasteiger partial charge in [0.05, 0.1) is 12.5 Å². The van der Waals surface area contributed by atoms with Crippen molar-refractivity contribution in [2.24, 2.45) is 0 Å². The Kier molecular flexibility index (Phi) is 5.28. The van der Waals surface area contributed by atoms with E-state index in [4.69, 9.17) is 5.26 Å². The Bertz CT molecular complexity index is 274. The Morgan fingerprint density at radius 1 is 1.64 bits per heavy atom. The highest BCUT2D eigenvalue weighted by molar-refractivity contribution is 7.09. The van der Waals surface area contributed by atoms with Gasteiger partial charge in [0.15, 0.2) is 0 Å². The SMILES string of the molecule is CCC(CC#N)NCCc1cccs1.